The van der Waals surface area contributed by atoms with E-state index in [0.717, 1.165) is 11.4 Å². The molecule has 4 N–H and O–H groups in total. The first kappa shape index (κ1) is 18.1. The molecule has 0 amide bonds. The summed E-state index contributed by atoms with van der Waals surface area (Å²) in [6, 6.07) is 25.2. The van der Waals surface area contributed by atoms with Gasteiger partial charge >= 0.3 is 0 Å². The van der Waals surface area contributed by atoms with Crippen LogP contribution in [-0.2, 0) is 10.8 Å². The third-order valence-corrected chi connectivity index (χ3v) is 5.52. The highest BCUT2D eigenvalue weighted by atomic mass is 14.5. The van der Waals surface area contributed by atoms with Crippen LogP contribution in [0.2, 0.25) is 0 Å². The predicted octanol–water partition coefficient (Wildman–Crippen LogP) is 5.50. The molecule has 0 unspecified atom stereocenters. The quantitative estimate of drug-likeness (QED) is 0.614. The number of benzene rings is 3. The maximum Gasteiger partial charge on any atom is 0.0317 e. The van der Waals surface area contributed by atoms with Gasteiger partial charge in [0.25, 0.3) is 0 Å². The van der Waals surface area contributed by atoms with Gasteiger partial charge in [0.05, 0.1) is 0 Å². The van der Waals surface area contributed by atoms with Crippen LogP contribution >= 0.6 is 0 Å². The van der Waals surface area contributed by atoms with Gasteiger partial charge in [0.1, 0.15) is 0 Å². The molecule has 2 heteroatoms. The van der Waals surface area contributed by atoms with Crippen LogP contribution in [0.1, 0.15) is 49.9 Å². The van der Waals surface area contributed by atoms with Crippen LogP contribution in [0, 0.1) is 0 Å². The molecule has 0 fully saturated rings. The number of rotatable bonds is 4. The number of hydrogen-bond donors (Lipinski definition) is 2. The van der Waals surface area contributed by atoms with Crippen molar-refractivity contribution in [3.8, 4) is 0 Å². The Bertz CT molecular complexity index is 850. The first-order valence-corrected chi connectivity index (χ1v) is 9.04. The first-order chi connectivity index (χ1) is 12.2. The number of anilines is 2. The molecule has 0 aromatic heterocycles. The Balaban J connectivity index is 2.05. The van der Waals surface area contributed by atoms with Gasteiger partial charge in [-0.2, -0.15) is 0 Å². The Morgan fingerprint density at radius 1 is 0.500 bits per heavy atom. The Hall–Kier alpha value is -2.74. The smallest absolute Gasteiger partial charge is 0.0317 e. The highest BCUT2D eigenvalue weighted by molar-refractivity contribution is 5.50. The van der Waals surface area contributed by atoms with E-state index in [1.165, 1.54) is 22.3 Å². The number of nitrogens with two attached hydrogens (primary N) is 2. The van der Waals surface area contributed by atoms with E-state index in [9.17, 15) is 0 Å². The van der Waals surface area contributed by atoms with Crippen molar-refractivity contribution >= 4 is 11.4 Å². The summed E-state index contributed by atoms with van der Waals surface area (Å²) >= 11 is 0. The van der Waals surface area contributed by atoms with Gasteiger partial charge in [-0.25, -0.2) is 0 Å². The fraction of sp³-hybridized carbons (Fsp3) is 0.250. The van der Waals surface area contributed by atoms with Crippen molar-refractivity contribution in [2.45, 2.75) is 38.5 Å². The molecule has 0 atom stereocenters. The fourth-order valence-electron chi connectivity index (χ4n) is 3.48. The van der Waals surface area contributed by atoms with Gasteiger partial charge in [-0.1, -0.05) is 76.2 Å². The molecule has 3 rings (SSSR count). The molecule has 3 aromatic rings. The second kappa shape index (κ2) is 6.53. The molecule has 0 saturated heterocycles. The van der Waals surface area contributed by atoms with Crippen molar-refractivity contribution in [3.05, 3.63) is 95.1 Å². The lowest BCUT2D eigenvalue weighted by Crippen LogP contribution is -2.23. The molecule has 3 aromatic carbocycles. The van der Waals surface area contributed by atoms with Gasteiger partial charge in [0.2, 0.25) is 0 Å². The topological polar surface area (TPSA) is 52.0 Å². The lowest BCUT2D eigenvalue weighted by atomic mass is 9.73. The van der Waals surface area contributed by atoms with E-state index in [2.05, 4.69) is 76.2 Å². The van der Waals surface area contributed by atoms with E-state index in [-0.39, 0.29) is 10.8 Å². The molecule has 0 aliphatic heterocycles. The summed E-state index contributed by atoms with van der Waals surface area (Å²) in [6.45, 7) is 8.98. The van der Waals surface area contributed by atoms with E-state index >= 15 is 0 Å². The van der Waals surface area contributed by atoms with E-state index < -0.39 is 0 Å². The normalized spacial score (nSPS) is 12.2. The molecule has 134 valence electrons. The van der Waals surface area contributed by atoms with Crippen LogP contribution < -0.4 is 11.5 Å². The van der Waals surface area contributed by atoms with Crippen molar-refractivity contribution in [1.82, 2.24) is 0 Å². The summed E-state index contributed by atoms with van der Waals surface area (Å²) in [5.41, 5.74) is 18.4. The minimum absolute atomic E-state index is 0.128. The van der Waals surface area contributed by atoms with E-state index in [0.29, 0.717) is 0 Å². The maximum atomic E-state index is 6.01. The third kappa shape index (κ3) is 3.32. The SMILES string of the molecule is CC(C)(c1cccc(N)c1)c1cccc(C(C)(C)c2cccc(N)c2)c1. The Kier molecular flexibility index (Phi) is 4.53. The predicted molar refractivity (Wildman–Crippen MR) is 112 cm³/mol. The molecule has 0 saturated carbocycles. The minimum Gasteiger partial charge on any atom is -0.399 e. The summed E-state index contributed by atoms with van der Waals surface area (Å²) < 4.78 is 0. The largest absolute Gasteiger partial charge is 0.399 e. The Labute approximate surface area is 156 Å². The number of nitrogen functional groups attached to an aromatic ring is 2. The monoisotopic (exact) mass is 344 g/mol. The Morgan fingerprint density at radius 2 is 0.808 bits per heavy atom. The average Bonchev–Trinajstić information content (AvgIpc) is 2.62. The van der Waals surface area contributed by atoms with Crippen molar-refractivity contribution in [2.24, 2.45) is 0 Å². The number of hydrogen-bond acceptors (Lipinski definition) is 2. The molecule has 0 aliphatic rings. The summed E-state index contributed by atoms with van der Waals surface area (Å²) in [6.07, 6.45) is 0. The fourth-order valence-corrected chi connectivity index (χ4v) is 3.48. The van der Waals surface area contributed by atoms with Crippen molar-refractivity contribution < 1.29 is 0 Å². The van der Waals surface area contributed by atoms with Gasteiger partial charge < -0.3 is 11.5 Å². The van der Waals surface area contributed by atoms with Crippen LogP contribution in [-0.4, -0.2) is 0 Å². The van der Waals surface area contributed by atoms with Crippen molar-refractivity contribution in [1.29, 1.82) is 0 Å². The maximum absolute atomic E-state index is 6.01. The first-order valence-electron chi connectivity index (χ1n) is 9.04. The zero-order chi connectivity index (χ0) is 18.9. The van der Waals surface area contributed by atoms with Crippen LogP contribution in [0.15, 0.2) is 72.8 Å². The van der Waals surface area contributed by atoms with Gasteiger partial charge in [-0.3, -0.25) is 0 Å². The van der Waals surface area contributed by atoms with Crippen LogP contribution in [0.4, 0.5) is 11.4 Å². The molecule has 0 spiro atoms. The zero-order valence-corrected chi connectivity index (χ0v) is 16.1. The van der Waals surface area contributed by atoms with E-state index in [4.69, 9.17) is 11.5 Å². The second-order valence-corrected chi connectivity index (χ2v) is 8.08. The summed E-state index contributed by atoms with van der Waals surface area (Å²) in [5, 5.41) is 0. The van der Waals surface area contributed by atoms with Gasteiger partial charge in [0, 0.05) is 22.2 Å². The minimum atomic E-state index is -0.128. The standard InChI is InChI=1S/C24H28N2/c1-23(2,19-10-6-12-21(25)15-19)17-8-5-9-18(14-17)24(3,4)20-11-7-13-22(26)16-20/h5-16H,25-26H2,1-4H3. The molecular weight excluding hydrogens is 316 g/mol. The highest BCUT2D eigenvalue weighted by Crippen LogP contribution is 2.37. The molecule has 2 nitrogen and oxygen atoms in total. The van der Waals surface area contributed by atoms with E-state index in [1.807, 2.05) is 24.3 Å². The summed E-state index contributed by atoms with van der Waals surface area (Å²) in [7, 11) is 0. The zero-order valence-electron chi connectivity index (χ0n) is 16.1. The highest BCUT2D eigenvalue weighted by Gasteiger charge is 2.27. The second-order valence-electron chi connectivity index (χ2n) is 8.08. The van der Waals surface area contributed by atoms with Crippen molar-refractivity contribution in [2.75, 3.05) is 11.5 Å². The van der Waals surface area contributed by atoms with Crippen molar-refractivity contribution in [3.63, 3.8) is 0 Å². The average molecular weight is 345 g/mol. The molecule has 0 heterocycles. The van der Waals surface area contributed by atoms with Crippen LogP contribution in [0.5, 0.6) is 0 Å². The third-order valence-electron chi connectivity index (χ3n) is 5.52. The summed E-state index contributed by atoms with van der Waals surface area (Å²) in [5.74, 6) is 0. The van der Waals surface area contributed by atoms with Gasteiger partial charge in [0.15, 0.2) is 0 Å². The molecule has 0 radical (unpaired) electrons. The van der Waals surface area contributed by atoms with Gasteiger partial charge in [-0.05, 0) is 46.5 Å². The molecule has 0 bridgehead atoms. The van der Waals surface area contributed by atoms with E-state index in [1.54, 1.807) is 0 Å². The molecule has 26 heavy (non-hydrogen) atoms. The lowest BCUT2D eigenvalue weighted by molar-refractivity contribution is 0.618. The molecule has 0 aliphatic carbocycles. The van der Waals surface area contributed by atoms with Gasteiger partial charge in [-0.15, -0.1) is 0 Å². The Morgan fingerprint density at radius 3 is 1.15 bits per heavy atom. The summed E-state index contributed by atoms with van der Waals surface area (Å²) in [4.78, 5) is 0. The molecular formula is C24H28N2. The lowest BCUT2D eigenvalue weighted by Gasteiger charge is -2.31. The van der Waals surface area contributed by atoms with Crippen LogP contribution in [0.3, 0.4) is 0 Å². The van der Waals surface area contributed by atoms with Crippen LogP contribution in [0.25, 0.3) is 0 Å².